The number of rotatable bonds is 4. The summed E-state index contributed by atoms with van der Waals surface area (Å²) in [5.41, 5.74) is 4.80. The topological polar surface area (TPSA) is 72.2 Å². The third-order valence-electron chi connectivity index (χ3n) is 3.24. The molecule has 2 rings (SSSR count). The normalized spacial score (nSPS) is 12.5. The molecule has 1 atom stereocenters. The summed E-state index contributed by atoms with van der Waals surface area (Å²) in [6.45, 7) is 0. The second kappa shape index (κ2) is 6.69. The Balaban J connectivity index is 2.24. The van der Waals surface area contributed by atoms with Crippen molar-refractivity contribution < 1.29 is 27.2 Å². The number of benzene rings is 2. The maximum absolute atomic E-state index is 13.2. The van der Waals surface area contributed by atoms with Gasteiger partial charge in [-0.2, -0.15) is 13.2 Å². The fraction of sp³-hybridized carbons (Fsp3) is 0.125. The van der Waals surface area contributed by atoms with Crippen molar-refractivity contribution in [1.82, 2.24) is 5.32 Å². The van der Waals surface area contributed by atoms with Gasteiger partial charge in [-0.25, -0.2) is 4.39 Å². The van der Waals surface area contributed by atoms with E-state index in [9.17, 15) is 27.2 Å². The molecule has 0 aliphatic heterocycles. The van der Waals surface area contributed by atoms with Gasteiger partial charge in [-0.05, 0) is 42.0 Å². The molecule has 0 radical (unpaired) electrons. The Morgan fingerprint density at radius 2 is 1.42 bits per heavy atom. The van der Waals surface area contributed by atoms with E-state index < -0.39 is 29.8 Å². The highest BCUT2D eigenvalue weighted by molar-refractivity contribution is 5.97. The number of alkyl halides is 3. The molecule has 1 unspecified atom stereocenters. The van der Waals surface area contributed by atoms with E-state index in [2.05, 4.69) is 0 Å². The first kappa shape index (κ1) is 17.5. The number of primary amides is 1. The molecule has 0 fully saturated rings. The molecule has 24 heavy (non-hydrogen) atoms. The Morgan fingerprint density at radius 1 is 0.917 bits per heavy atom. The minimum atomic E-state index is -4.76. The lowest BCUT2D eigenvalue weighted by Gasteiger charge is -2.22. The standard InChI is InChI=1S/C16H12F4N2O2/c17-12-7-5-9(6-8-12)13(16(18,19)20)22-15(24)11-3-1-10(2-4-11)14(21)23/h1-8,13H,(H2,21,23)(H,22,24). The number of nitrogens with one attached hydrogen (secondary N) is 1. The molecule has 3 N–H and O–H groups in total. The molecule has 0 aliphatic rings. The highest BCUT2D eigenvalue weighted by atomic mass is 19.4. The molecular weight excluding hydrogens is 328 g/mol. The van der Waals surface area contributed by atoms with E-state index in [4.69, 9.17) is 5.73 Å². The first-order valence-corrected chi connectivity index (χ1v) is 6.71. The summed E-state index contributed by atoms with van der Waals surface area (Å²) in [6, 6.07) is 6.20. The lowest BCUT2D eigenvalue weighted by Crippen LogP contribution is -2.38. The number of nitrogens with two attached hydrogens (primary N) is 1. The number of carbonyl (C=O) groups is 2. The number of amides is 2. The molecule has 2 aromatic carbocycles. The van der Waals surface area contributed by atoms with Gasteiger partial charge in [0.05, 0.1) is 0 Å². The Labute approximate surface area is 134 Å². The van der Waals surface area contributed by atoms with Crippen LogP contribution in [0.5, 0.6) is 0 Å². The molecular formula is C16H12F4N2O2. The summed E-state index contributed by atoms with van der Waals surface area (Å²) in [7, 11) is 0. The van der Waals surface area contributed by atoms with Crippen molar-refractivity contribution in [3.8, 4) is 0 Å². The minimum absolute atomic E-state index is 0.0728. The number of hydrogen-bond donors (Lipinski definition) is 2. The average molecular weight is 340 g/mol. The van der Waals surface area contributed by atoms with Gasteiger partial charge in [0.15, 0.2) is 6.04 Å². The average Bonchev–Trinajstić information content (AvgIpc) is 2.52. The van der Waals surface area contributed by atoms with Crippen LogP contribution in [-0.2, 0) is 0 Å². The van der Waals surface area contributed by atoms with Crippen LogP contribution in [-0.4, -0.2) is 18.0 Å². The Bertz CT molecular complexity index is 740. The summed E-state index contributed by atoms with van der Waals surface area (Å²) < 4.78 is 52.4. The highest BCUT2D eigenvalue weighted by Crippen LogP contribution is 2.33. The van der Waals surface area contributed by atoms with Gasteiger partial charge in [-0.15, -0.1) is 0 Å². The Morgan fingerprint density at radius 3 is 1.88 bits per heavy atom. The molecule has 0 heterocycles. The van der Waals surface area contributed by atoms with Crippen LogP contribution >= 0.6 is 0 Å². The van der Waals surface area contributed by atoms with Crippen LogP contribution in [0.15, 0.2) is 48.5 Å². The summed E-state index contributed by atoms with van der Waals surface area (Å²) in [5, 5.41) is 1.86. The van der Waals surface area contributed by atoms with Crippen LogP contribution in [0, 0.1) is 5.82 Å². The molecule has 0 saturated carbocycles. The third-order valence-corrected chi connectivity index (χ3v) is 3.24. The first-order chi connectivity index (χ1) is 11.2. The quantitative estimate of drug-likeness (QED) is 0.840. The summed E-state index contributed by atoms with van der Waals surface area (Å²) >= 11 is 0. The Hall–Kier alpha value is -2.90. The minimum Gasteiger partial charge on any atom is -0.366 e. The van der Waals surface area contributed by atoms with Crippen LogP contribution in [0.3, 0.4) is 0 Å². The lowest BCUT2D eigenvalue weighted by atomic mass is 10.1. The molecule has 0 saturated heterocycles. The van der Waals surface area contributed by atoms with E-state index in [1.165, 1.54) is 24.3 Å². The third kappa shape index (κ3) is 4.09. The largest absolute Gasteiger partial charge is 0.412 e. The molecule has 2 amide bonds. The molecule has 0 spiro atoms. The van der Waals surface area contributed by atoms with E-state index in [1.807, 2.05) is 5.32 Å². The number of hydrogen-bond acceptors (Lipinski definition) is 2. The predicted octanol–water partition coefficient (Wildman–Crippen LogP) is 2.96. The second-order valence-electron chi connectivity index (χ2n) is 4.94. The molecule has 8 heteroatoms. The van der Waals surface area contributed by atoms with Gasteiger partial charge in [0.2, 0.25) is 5.91 Å². The van der Waals surface area contributed by atoms with Gasteiger partial charge in [0.25, 0.3) is 5.91 Å². The molecule has 4 nitrogen and oxygen atoms in total. The fourth-order valence-electron chi connectivity index (χ4n) is 2.01. The predicted molar refractivity (Wildman–Crippen MR) is 77.6 cm³/mol. The summed E-state index contributed by atoms with van der Waals surface area (Å²) in [6.07, 6.45) is -4.76. The highest BCUT2D eigenvalue weighted by Gasteiger charge is 2.42. The molecule has 0 aliphatic carbocycles. The van der Waals surface area contributed by atoms with Gasteiger partial charge < -0.3 is 11.1 Å². The summed E-state index contributed by atoms with van der Waals surface area (Å²) in [5.74, 6) is -2.40. The van der Waals surface area contributed by atoms with Crippen molar-refractivity contribution in [1.29, 1.82) is 0 Å². The molecule has 0 bridgehead atoms. The van der Waals surface area contributed by atoms with Gasteiger partial charge in [-0.1, -0.05) is 12.1 Å². The van der Waals surface area contributed by atoms with E-state index >= 15 is 0 Å². The van der Waals surface area contributed by atoms with E-state index in [1.54, 1.807) is 0 Å². The fourth-order valence-corrected chi connectivity index (χ4v) is 2.01. The van der Waals surface area contributed by atoms with E-state index in [0.29, 0.717) is 0 Å². The van der Waals surface area contributed by atoms with E-state index in [0.717, 1.165) is 24.3 Å². The zero-order chi connectivity index (χ0) is 17.9. The van der Waals surface area contributed by atoms with Crippen LogP contribution in [0.2, 0.25) is 0 Å². The monoisotopic (exact) mass is 340 g/mol. The molecule has 0 aromatic heterocycles. The van der Waals surface area contributed by atoms with Crippen LogP contribution in [0.4, 0.5) is 17.6 Å². The smallest absolute Gasteiger partial charge is 0.366 e. The second-order valence-corrected chi connectivity index (χ2v) is 4.94. The van der Waals surface area contributed by atoms with Gasteiger partial charge in [0, 0.05) is 11.1 Å². The van der Waals surface area contributed by atoms with Crippen molar-refractivity contribution >= 4 is 11.8 Å². The van der Waals surface area contributed by atoms with Crippen LogP contribution in [0.25, 0.3) is 0 Å². The number of carbonyl (C=O) groups excluding carboxylic acids is 2. The SMILES string of the molecule is NC(=O)c1ccc(C(=O)NC(c2ccc(F)cc2)C(F)(F)F)cc1. The lowest BCUT2D eigenvalue weighted by molar-refractivity contribution is -0.155. The van der Waals surface area contributed by atoms with Crippen molar-refractivity contribution in [2.75, 3.05) is 0 Å². The van der Waals surface area contributed by atoms with Crippen molar-refractivity contribution in [2.45, 2.75) is 12.2 Å². The van der Waals surface area contributed by atoms with Gasteiger partial charge in [0.1, 0.15) is 5.82 Å². The molecule has 2 aromatic rings. The van der Waals surface area contributed by atoms with Crippen LogP contribution in [0.1, 0.15) is 32.3 Å². The Kier molecular flexibility index (Phi) is 4.87. The summed E-state index contributed by atoms with van der Waals surface area (Å²) in [4.78, 5) is 23.0. The maximum Gasteiger partial charge on any atom is 0.412 e. The van der Waals surface area contributed by atoms with Gasteiger partial charge in [-0.3, -0.25) is 9.59 Å². The zero-order valence-corrected chi connectivity index (χ0v) is 12.1. The maximum atomic E-state index is 13.2. The van der Waals surface area contributed by atoms with Crippen molar-refractivity contribution in [3.05, 3.63) is 71.0 Å². The van der Waals surface area contributed by atoms with Crippen molar-refractivity contribution in [2.24, 2.45) is 5.73 Å². The van der Waals surface area contributed by atoms with E-state index in [-0.39, 0.29) is 16.7 Å². The van der Waals surface area contributed by atoms with Gasteiger partial charge >= 0.3 is 6.18 Å². The van der Waals surface area contributed by atoms with Crippen molar-refractivity contribution in [3.63, 3.8) is 0 Å². The first-order valence-electron chi connectivity index (χ1n) is 6.71. The molecule has 126 valence electrons. The zero-order valence-electron chi connectivity index (χ0n) is 12.1. The van der Waals surface area contributed by atoms with Crippen LogP contribution < -0.4 is 11.1 Å². The number of halogens is 4.